The van der Waals surface area contributed by atoms with E-state index < -0.39 is 6.04 Å². The number of rotatable bonds is 3. The lowest BCUT2D eigenvalue weighted by atomic mass is 10.00. The van der Waals surface area contributed by atoms with Gasteiger partial charge in [0.15, 0.2) is 0 Å². The second-order valence-corrected chi connectivity index (χ2v) is 4.58. The third kappa shape index (κ3) is 2.84. The van der Waals surface area contributed by atoms with Crippen molar-refractivity contribution >= 4 is 5.91 Å². The van der Waals surface area contributed by atoms with Crippen LogP contribution in [0.2, 0.25) is 0 Å². The van der Waals surface area contributed by atoms with Gasteiger partial charge in [-0.05, 0) is 31.5 Å². The predicted octanol–water partition coefficient (Wildman–Crippen LogP) is 0.372. The third-order valence-corrected chi connectivity index (χ3v) is 2.73. The van der Waals surface area contributed by atoms with Crippen LogP contribution < -0.4 is 21.7 Å². The van der Waals surface area contributed by atoms with E-state index >= 15 is 0 Å². The van der Waals surface area contributed by atoms with E-state index in [1.165, 1.54) is 12.1 Å². The fraction of sp³-hybridized carbons (Fsp3) is 0.417. The number of nitrogens with one attached hydrogen (secondary N) is 4. The molecule has 1 aromatic rings. The highest BCUT2D eigenvalue weighted by Crippen LogP contribution is 2.19. The molecule has 18 heavy (non-hydrogen) atoms. The van der Waals surface area contributed by atoms with E-state index in [1.54, 1.807) is 12.1 Å². The van der Waals surface area contributed by atoms with Crippen molar-refractivity contribution in [2.45, 2.75) is 32.0 Å². The molecular formula is C12H17FN4O. The van der Waals surface area contributed by atoms with Gasteiger partial charge in [0, 0.05) is 6.04 Å². The van der Waals surface area contributed by atoms with E-state index in [0.717, 1.165) is 5.56 Å². The Hall–Kier alpha value is -1.50. The molecule has 4 N–H and O–H groups in total. The van der Waals surface area contributed by atoms with E-state index in [1.807, 2.05) is 13.8 Å². The smallest absolute Gasteiger partial charge is 0.240 e. The summed E-state index contributed by atoms with van der Waals surface area (Å²) in [5, 5.41) is 2.84. The molecule has 98 valence electrons. The minimum Gasteiger partial charge on any atom is -0.352 e. The summed E-state index contributed by atoms with van der Waals surface area (Å²) in [4.78, 5) is 12.0. The molecule has 1 aliphatic heterocycles. The van der Waals surface area contributed by atoms with Gasteiger partial charge in [-0.1, -0.05) is 12.1 Å². The van der Waals surface area contributed by atoms with Crippen LogP contribution in [0.3, 0.4) is 0 Å². The second-order valence-electron chi connectivity index (χ2n) is 4.58. The maximum atomic E-state index is 12.9. The van der Waals surface area contributed by atoms with Crippen LogP contribution in [0.5, 0.6) is 0 Å². The van der Waals surface area contributed by atoms with Gasteiger partial charge >= 0.3 is 0 Å². The summed E-state index contributed by atoms with van der Waals surface area (Å²) in [5.41, 5.74) is 9.39. The van der Waals surface area contributed by atoms with Crippen LogP contribution in [-0.2, 0) is 4.79 Å². The van der Waals surface area contributed by atoms with Crippen LogP contribution in [0, 0.1) is 5.82 Å². The summed E-state index contributed by atoms with van der Waals surface area (Å²) in [6.07, 6.45) is 0. The van der Waals surface area contributed by atoms with Crippen molar-refractivity contribution in [3.63, 3.8) is 0 Å². The lowest BCUT2D eigenvalue weighted by molar-refractivity contribution is -0.123. The summed E-state index contributed by atoms with van der Waals surface area (Å²) in [7, 11) is 0. The first-order valence-electron chi connectivity index (χ1n) is 5.90. The molecule has 1 amide bonds. The molecule has 0 aliphatic carbocycles. The number of carbonyl (C=O) groups is 1. The van der Waals surface area contributed by atoms with Crippen LogP contribution in [0.1, 0.15) is 25.5 Å². The van der Waals surface area contributed by atoms with Gasteiger partial charge in [0.05, 0.1) is 6.04 Å². The van der Waals surface area contributed by atoms with Crippen molar-refractivity contribution in [2.24, 2.45) is 0 Å². The van der Waals surface area contributed by atoms with Gasteiger partial charge in [0.25, 0.3) is 0 Å². The molecule has 1 heterocycles. The number of carbonyl (C=O) groups excluding carboxylic acids is 1. The van der Waals surface area contributed by atoms with Gasteiger partial charge in [-0.3, -0.25) is 4.79 Å². The van der Waals surface area contributed by atoms with E-state index in [9.17, 15) is 9.18 Å². The first-order chi connectivity index (χ1) is 8.58. The molecule has 6 heteroatoms. The summed E-state index contributed by atoms with van der Waals surface area (Å²) in [5.74, 6) is -0.391. The van der Waals surface area contributed by atoms with Gasteiger partial charge in [0.1, 0.15) is 11.9 Å². The Bertz CT molecular complexity index is 421. The zero-order valence-electron chi connectivity index (χ0n) is 10.3. The van der Waals surface area contributed by atoms with Gasteiger partial charge in [-0.25, -0.2) is 15.2 Å². The SMILES string of the molecule is CC(C)NC(=O)C1NNNC1c1ccc(F)cc1. The lowest BCUT2D eigenvalue weighted by Crippen LogP contribution is -2.47. The highest BCUT2D eigenvalue weighted by molar-refractivity contribution is 5.83. The first-order valence-corrected chi connectivity index (χ1v) is 5.90. The van der Waals surface area contributed by atoms with Crippen molar-refractivity contribution in [2.75, 3.05) is 0 Å². The number of benzene rings is 1. The normalized spacial score (nSPS) is 23.3. The molecule has 0 aromatic heterocycles. The lowest BCUT2D eigenvalue weighted by Gasteiger charge is -2.19. The second kappa shape index (κ2) is 5.43. The molecule has 2 atom stereocenters. The molecule has 1 fully saturated rings. The average molecular weight is 252 g/mol. The van der Waals surface area contributed by atoms with Gasteiger partial charge in [-0.2, -0.15) is 5.53 Å². The van der Waals surface area contributed by atoms with Crippen LogP contribution in [0.15, 0.2) is 24.3 Å². The summed E-state index contributed by atoms with van der Waals surface area (Å²) in [6, 6.07) is 5.50. The summed E-state index contributed by atoms with van der Waals surface area (Å²) < 4.78 is 12.9. The maximum absolute atomic E-state index is 12.9. The monoisotopic (exact) mass is 252 g/mol. The first kappa shape index (κ1) is 12.9. The molecule has 0 bridgehead atoms. The number of amides is 1. The highest BCUT2D eigenvalue weighted by atomic mass is 19.1. The van der Waals surface area contributed by atoms with Gasteiger partial charge < -0.3 is 5.32 Å². The van der Waals surface area contributed by atoms with Crippen molar-refractivity contribution in [1.82, 2.24) is 21.7 Å². The Labute approximate surface area is 105 Å². The van der Waals surface area contributed by atoms with Crippen LogP contribution in [0.4, 0.5) is 4.39 Å². The average Bonchev–Trinajstić information content (AvgIpc) is 2.78. The number of hydrazine groups is 2. The van der Waals surface area contributed by atoms with E-state index in [2.05, 4.69) is 21.7 Å². The number of hydrogen-bond donors (Lipinski definition) is 4. The highest BCUT2D eigenvalue weighted by Gasteiger charge is 2.33. The summed E-state index contributed by atoms with van der Waals surface area (Å²) >= 11 is 0. The summed E-state index contributed by atoms with van der Waals surface area (Å²) in [6.45, 7) is 3.81. The van der Waals surface area contributed by atoms with Crippen molar-refractivity contribution in [3.8, 4) is 0 Å². The fourth-order valence-electron chi connectivity index (χ4n) is 1.90. The van der Waals surface area contributed by atoms with Crippen LogP contribution >= 0.6 is 0 Å². The molecule has 1 saturated heterocycles. The molecule has 1 aromatic carbocycles. The Morgan fingerprint density at radius 2 is 1.94 bits per heavy atom. The quantitative estimate of drug-likeness (QED) is 0.628. The topological polar surface area (TPSA) is 65.2 Å². The molecule has 2 unspecified atom stereocenters. The minimum atomic E-state index is -0.433. The van der Waals surface area contributed by atoms with Crippen molar-refractivity contribution in [3.05, 3.63) is 35.6 Å². The Morgan fingerprint density at radius 3 is 2.56 bits per heavy atom. The van der Waals surface area contributed by atoms with Crippen LogP contribution in [-0.4, -0.2) is 18.0 Å². The van der Waals surface area contributed by atoms with Crippen LogP contribution in [0.25, 0.3) is 0 Å². The van der Waals surface area contributed by atoms with E-state index in [0.29, 0.717) is 0 Å². The Kier molecular flexibility index (Phi) is 3.90. The third-order valence-electron chi connectivity index (χ3n) is 2.73. The Balaban J connectivity index is 2.12. The molecule has 0 saturated carbocycles. The van der Waals surface area contributed by atoms with E-state index in [4.69, 9.17) is 0 Å². The standard InChI is InChI=1S/C12H17FN4O/c1-7(2)14-12(18)11-10(15-17-16-11)8-3-5-9(13)6-4-8/h3-7,10-11,15-17H,1-2H3,(H,14,18). The Morgan fingerprint density at radius 1 is 1.28 bits per heavy atom. The molecule has 5 nitrogen and oxygen atoms in total. The zero-order valence-corrected chi connectivity index (χ0v) is 10.3. The molecule has 0 radical (unpaired) electrons. The number of halogens is 1. The molecular weight excluding hydrogens is 235 g/mol. The molecule has 0 spiro atoms. The molecule has 1 aliphatic rings. The van der Waals surface area contributed by atoms with E-state index in [-0.39, 0.29) is 23.8 Å². The minimum absolute atomic E-state index is 0.0776. The predicted molar refractivity (Wildman–Crippen MR) is 65.6 cm³/mol. The molecule has 2 rings (SSSR count). The maximum Gasteiger partial charge on any atom is 0.240 e. The van der Waals surface area contributed by atoms with Crippen molar-refractivity contribution < 1.29 is 9.18 Å². The fourth-order valence-corrected chi connectivity index (χ4v) is 1.90. The van der Waals surface area contributed by atoms with Crippen molar-refractivity contribution in [1.29, 1.82) is 0 Å². The zero-order chi connectivity index (χ0) is 13.1. The van der Waals surface area contributed by atoms with Gasteiger partial charge in [0.2, 0.25) is 5.91 Å². The number of hydrogen-bond acceptors (Lipinski definition) is 4. The largest absolute Gasteiger partial charge is 0.352 e. The van der Waals surface area contributed by atoms with Gasteiger partial charge in [-0.15, -0.1) is 0 Å².